The molecule has 21 heavy (non-hydrogen) atoms. The van der Waals surface area contributed by atoms with Crippen molar-refractivity contribution in [2.45, 2.75) is 43.7 Å². The Morgan fingerprint density at radius 1 is 1.29 bits per heavy atom. The molecule has 0 atom stereocenters. The minimum Gasteiger partial charge on any atom is -0.464 e. The van der Waals surface area contributed by atoms with E-state index in [1.54, 1.807) is 0 Å². The van der Waals surface area contributed by atoms with Crippen LogP contribution in [0.3, 0.4) is 0 Å². The van der Waals surface area contributed by atoms with Crippen LogP contribution in [0.15, 0.2) is 9.72 Å². The lowest BCUT2D eigenvalue weighted by molar-refractivity contribution is 0.0590. The normalized spacial score (nSPS) is 11.8. The first kappa shape index (κ1) is 18.1. The van der Waals surface area contributed by atoms with Crippen LogP contribution in [0.1, 0.15) is 50.0 Å². The van der Waals surface area contributed by atoms with E-state index < -0.39 is 16.0 Å². The summed E-state index contributed by atoms with van der Waals surface area (Å²) in [6.07, 6.45) is 3.39. The lowest BCUT2D eigenvalue weighted by atomic mass is 10.3. The van der Waals surface area contributed by atoms with Gasteiger partial charge in [0.1, 0.15) is 0 Å². The molecule has 0 spiro atoms. The van der Waals surface area contributed by atoms with E-state index in [1.807, 2.05) is 13.8 Å². The van der Waals surface area contributed by atoms with Gasteiger partial charge in [0.05, 0.1) is 12.6 Å². The summed E-state index contributed by atoms with van der Waals surface area (Å²) in [6, 6.07) is 0. The molecule has 0 amide bonds. The van der Waals surface area contributed by atoms with Gasteiger partial charge in [-0.3, -0.25) is 0 Å². The Morgan fingerprint density at radius 2 is 1.86 bits per heavy atom. The number of ether oxygens (including phenoxy) is 1. The van der Waals surface area contributed by atoms with Gasteiger partial charge >= 0.3 is 5.97 Å². The van der Waals surface area contributed by atoms with Gasteiger partial charge in [-0.1, -0.05) is 26.7 Å². The van der Waals surface area contributed by atoms with Gasteiger partial charge in [-0.25, -0.2) is 18.2 Å². The molecule has 0 radical (unpaired) electrons. The van der Waals surface area contributed by atoms with Crippen LogP contribution in [0.2, 0.25) is 0 Å². The van der Waals surface area contributed by atoms with Crippen LogP contribution < -0.4 is 0 Å². The Labute approximate surface area is 130 Å². The highest BCUT2D eigenvalue weighted by molar-refractivity contribution is 7.91. The average molecular weight is 334 g/mol. The lowest BCUT2D eigenvalue weighted by Crippen LogP contribution is -2.33. The summed E-state index contributed by atoms with van der Waals surface area (Å²) >= 11 is 0.954. The molecule has 1 rings (SSSR count). The molecule has 1 aromatic heterocycles. The van der Waals surface area contributed by atoms with Crippen LogP contribution in [0.25, 0.3) is 0 Å². The molecule has 0 aliphatic carbocycles. The third kappa shape index (κ3) is 4.49. The predicted molar refractivity (Wildman–Crippen MR) is 82.0 cm³/mol. The second-order valence-corrected chi connectivity index (χ2v) is 7.58. The summed E-state index contributed by atoms with van der Waals surface area (Å²) in [5.74, 6) is -0.722. The summed E-state index contributed by atoms with van der Waals surface area (Å²) in [7, 11) is -2.49. The molecular formula is C13H22N2O4S2. The fourth-order valence-electron chi connectivity index (χ4n) is 1.79. The fraction of sp³-hybridized carbons (Fsp3) is 0.692. The number of hydrogen-bond donors (Lipinski definition) is 0. The molecule has 0 aliphatic rings. The zero-order valence-corrected chi connectivity index (χ0v) is 14.3. The fourth-order valence-corrected chi connectivity index (χ4v) is 4.58. The zero-order chi connectivity index (χ0) is 15.9. The number of thiazole rings is 1. The summed E-state index contributed by atoms with van der Waals surface area (Å²) in [5, 5.41) is 0. The Balaban J connectivity index is 3.10. The summed E-state index contributed by atoms with van der Waals surface area (Å²) in [5.41, 5.74) is 1.23. The van der Waals surface area contributed by atoms with Crippen LogP contribution in [0.4, 0.5) is 0 Å². The maximum Gasteiger partial charge on any atom is 0.358 e. The summed E-state index contributed by atoms with van der Waals surface area (Å²) < 4.78 is 31.5. The molecule has 120 valence electrons. The number of sulfonamides is 1. The third-order valence-electron chi connectivity index (χ3n) is 3.01. The number of carbonyl (C=O) groups is 1. The number of carbonyl (C=O) groups excluding carboxylic acids is 1. The summed E-state index contributed by atoms with van der Waals surface area (Å²) in [4.78, 5) is 15.5. The van der Waals surface area contributed by atoms with E-state index in [0.717, 1.165) is 37.0 Å². The van der Waals surface area contributed by atoms with E-state index in [0.29, 0.717) is 13.1 Å². The van der Waals surface area contributed by atoms with E-state index in [4.69, 9.17) is 0 Å². The molecule has 8 heteroatoms. The smallest absolute Gasteiger partial charge is 0.358 e. The summed E-state index contributed by atoms with van der Waals surface area (Å²) in [6.45, 7) is 4.93. The van der Waals surface area contributed by atoms with Crippen molar-refractivity contribution in [3.8, 4) is 0 Å². The maximum absolute atomic E-state index is 12.7. The van der Waals surface area contributed by atoms with E-state index in [-0.39, 0.29) is 9.90 Å². The Hall–Kier alpha value is -0.990. The minimum atomic E-state index is -3.70. The first-order valence-electron chi connectivity index (χ1n) is 7.00. The standard InChI is InChI=1S/C13H22N2O4S2/c1-4-6-8-15(9-7-5-2)21(17,18)13-11(12(16)19-3)14-10-20-13/h10H,4-9H2,1-3H3. The molecule has 1 aromatic rings. The van der Waals surface area contributed by atoms with Gasteiger partial charge in [-0.15, -0.1) is 11.3 Å². The van der Waals surface area contributed by atoms with Crippen LogP contribution in [-0.4, -0.2) is 43.9 Å². The van der Waals surface area contributed by atoms with Gasteiger partial charge in [-0.2, -0.15) is 4.31 Å². The van der Waals surface area contributed by atoms with Crippen molar-refractivity contribution in [2.75, 3.05) is 20.2 Å². The van der Waals surface area contributed by atoms with Crippen molar-refractivity contribution in [2.24, 2.45) is 0 Å². The van der Waals surface area contributed by atoms with Crippen molar-refractivity contribution in [1.29, 1.82) is 0 Å². The molecule has 6 nitrogen and oxygen atoms in total. The van der Waals surface area contributed by atoms with Gasteiger partial charge in [0.15, 0.2) is 9.90 Å². The Bertz CT molecular complexity index is 546. The highest BCUT2D eigenvalue weighted by Gasteiger charge is 2.31. The van der Waals surface area contributed by atoms with E-state index >= 15 is 0 Å². The molecule has 0 bridgehead atoms. The molecular weight excluding hydrogens is 312 g/mol. The molecule has 0 fully saturated rings. The van der Waals surface area contributed by atoms with Crippen LogP contribution in [-0.2, 0) is 14.8 Å². The Morgan fingerprint density at radius 3 is 2.33 bits per heavy atom. The molecule has 0 N–H and O–H groups in total. The van der Waals surface area contributed by atoms with Crippen LogP contribution in [0, 0.1) is 0 Å². The number of methoxy groups -OCH3 is 1. The molecule has 0 aliphatic heterocycles. The molecule has 1 heterocycles. The minimum absolute atomic E-state index is 0.0263. The SMILES string of the molecule is CCCCN(CCCC)S(=O)(=O)c1scnc1C(=O)OC. The number of rotatable bonds is 9. The monoisotopic (exact) mass is 334 g/mol. The average Bonchev–Trinajstić information content (AvgIpc) is 2.96. The maximum atomic E-state index is 12.7. The molecule has 0 aromatic carbocycles. The van der Waals surface area contributed by atoms with Gasteiger partial charge in [-0.05, 0) is 12.8 Å². The first-order chi connectivity index (χ1) is 9.98. The highest BCUT2D eigenvalue weighted by Crippen LogP contribution is 2.25. The number of aromatic nitrogens is 1. The van der Waals surface area contributed by atoms with Crippen molar-refractivity contribution >= 4 is 27.3 Å². The van der Waals surface area contributed by atoms with Gasteiger partial charge < -0.3 is 4.74 Å². The molecule has 0 unspecified atom stereocenters. The van der Waals surface area contributed by atoms with Gasteiger partial charge in [0.2, 0.25) is 0 Å². The predicted octanol–water partition coefficient (Wildman–Crippen LogP) is 2.52. The molecule has 0 saturated heterocycles. The Kier molecular flexibility index (Phi) is 7.27. The third-order valence-corrected chi connectivity index (χ3v) is 6.26. The highest BCUT2D eigenvalue weighted by atomic mass is 32.2. The quantitative estimate of drug-likeness (QED) is 0.649. The largest absolute Gasteiger partial charge is 0.464 e. The van der Waals surface area contributed by atoms with Crippen molar-refractivity contribution in [3.63, 3.8) is 0 Å². The first-order valence-corrected chi connectivity index (χ1v) is 9.32. The lowest BCUT2D eigenvalue weighted by Gasteiger charge is -2.21. The number of nitrogens with zero attached hydrogens (tertiary/aromatic N) is 2. The van der Waals surface area contributed by atoms with E-state index in [9.17, 15) is 13.2 Å². The van der Waals surface area contributed by atoms with Gasteiger partial charge in [0.25, 0.3) is 10.0 Å². The topological polar surface area (TPSA) is 76.6 Å². The van der Waals surface area contributed by atoms with Crippen LogP contribution >= 0.6 is 11.3 Å². The number of unbranched alkanes of at least 4 members (excludes halogenated alkanes) is 2. The number of hydrogen-bond acceptors (Lipinski definition) is 6. The van der Waals surface area contributed by atoms with Crippen molar-refractivity contribution in [3.05, 3.63) is 11.2 Å². The second kappa shape index (κ2) is 8.45. The van der Waals surface area contributed by atoms with Crippen LogP contribution in [0.5, 0.6) is 0 Å². The zero-order valence-electron chi connectivity index (χ0n) is 12.7. The van der Waals surface area contributed by atoms with E-state index in [1.165, 1.54) is 16.9 Å². The second-order valence-electron chi connectivity index (χ2n) is 4.59. The number of esters is 1. The molecule has 0 saturated carbocycles. The van der Waals surface area contributed by atoms with Crippen molar-refractivity contribution < 1.29 is 17.9 Å². The van der Waals surface area contributed by atoms with E-state index in [2.05, 4.69) is 9.72 Å². The van der Waals surface area contributed by atoms with Gasteiger partial charge in [0, 0.05) is 13.1 Å². The van der Waals surface area contributed by atoms with Crippen molar-refractivity contribution in [1.82, 2.24) is 9.29 Å².